The summed E-state index contributed by atoms with van der Waals surface area (Å²) in [6.07, 6.45) is 0. The smallest absolute Gasteiger partial charge is 0.332 e. The first-order valence-electron chi connectivity index (χ1n) is 10.4. The number of aromatic nitrogens is 3. The molecule has 1 aliphatic rings. The Hall–Kier alpha value is -3.40. The van der Waals surface area contributed by atoms with Crippen LogP contribution in [-0.4, -0.2) is 64.4 Å². The molecule has 32 heavy (non-hydrogen) atoms. The van der Waals surface area contributed by atoms with Gasteiger partial charge >= 0.3 is 5.69 Å². The van der Waals surface area contributed by atoms with Gasteiger partial charge in [0.2, 0.25) is 0 Å². The van der Waals surface area contributed by atoms with Crippen molar-refractivity contribution in [2.24, 2.45) is 14.1 Å². The Bertz CT molecular complexity index is 1280. The second kappa shape index (κ2) is 8.62. The molecule has 0 bridgehead atoms. The number of rotatable bonds is 5. The van der Waals surface area contributed by atoms with E-state index in [-0.39, 0.29) is 11.7 Å². The van der Waals surface area contributed by atoms with Gasteiger partial charge < -0.3 is 19.1 Å². The van der Waals surface area contributed by atoms with E-state index in [1.165, 1.54) is 17.7 Å². The topological polar surface area (TPSA) is 81.7 Å². The van der Waals surface area contributed by atoms with Crippen LogP contribution in [0.25, 0.3) is 11.0 Å². The Kier molecular flexibility index (Phi) is 5.88. The predicted molar refractivity (Wildman–Crippen MR) is 119 cm³/mol. The molecule has 1 amide bonds. The summed E-state index contributed by atoms with van der Waals surface area (Å²) in [5, 5.41) is 0.305. The molecule has 170 valence electrons. The Morgan fingerprint density at radius 3 is 2.41 bits per heavy atom. The number of benzene rings is 1. The van der Waals surface area contributed by atoms with Crippen molar-refractivity contribution in [2.45, 2.75) is 6.54 Å². The molecule has 0 spiro atoms. The highest BCUT2D eigenvalue weighted by atomic mass is 19.1. The van der Waals surface area contributed by atoms with Gasteiger partial charge in [0.15, 0.2) is 0 Å². The predicted octanol–water partition coefficient (Wildman–Crippen LogP) is 0.787. The van der Waals surface area contributed by atoms with Gasteiger partial charge in [-0.25, -0.2) is 9.18 Å². The van der Waals surface area contributed by atoms with Crippen LogP contribution in [-0.2, 0) is 25.4 Å². The number of nitrogens with zero attached hydrogens (tertiary/aromatic N) is 5. The average molecular weight is 443 g/mol. The molecule has 1 aromatic carbocycles. The third-order valence-corrected chi connectivity index (χ3v) is 5.99. The fourth-order valence-electron chi connectivity index (χ4n) is 4.25. The van der Waals surface area contributed by atoms with E-state index in [0.717, 1.165) is 4.57 Å². The summed E-state index contributed by atoms with van der Waals surface area (Å²) in [5.74, 6) is -0.524. The van der Waals surface area contributed by atoms with Crippen LogP contribution in [0.2, 0.25) is 0 Å². The molecule has 0 aliphatic carbocycles. The van der Waals surface area contributed by atoms with Gasteiger partial charge in [0.25, 0.3) is 11.5 Å². The summed E-state index contributed by atoms with van der Waals surface area (Å²) < 4.78 is 23.4. The molecular formula is C22H26FN5O4. The van der Waals surface area contributed by atoms with E-state index in [1.807, 2.05) is 4.90 Å². The van der Waals surface area contributed by atoms with Crippen LogP contribution in [0.3, 0.4) is 0 Å². The fourth-order valence-corrected chi connectivity index (χ4v) is 4.25. The number of hydrogen-bond donors (Lipinski definition) is 0. The number of fused-ring (bicyclic) bond motifs is 1. The molecule has 9 nitrogen and oxygen atoms in total. The third-order valence-electron chi connectivity index (χ3n) is 5.99. The minimum atomic E-state index is -0.461. The second-order valence-corrected chi connectivity index (χ2v) is 7.85. The van der Waals surface area contributed by atoms with Gasteiger partial charge in [-0.3, -0.25) is 18.7 Å². The monoisotopic (exact) mass is 443 g/mol. The van der Waals surface area contributed by atoms with Crippen LogP contribution in [0.15, 0.2) is 39.9 Å². The van der Waals surface area contributed by atoms with Crippen LogP contribution in [0.1, 0.15) is 10.5 Å². The molecule has 4 rings (SSSR count). The SMILES string of the molecule is COCCn1c(C(=O)N2CCN(c3ccccc3F)CC2)cc2c(=O)n(C)c(=O)n(C)c21. The fraction of sp³-hybridized carbons (Fsp3) is 0.409. The van der Waals surface area contributed by atoms with Gasteiger partial charge in [-0.05, 0) is 18.2 Å². The first-order chi connectivity index (χ1) is 15.3. The van der Waals surface area contributed by atoms with Crippen molar-refractivity contribution in [1.29, 1.82) is 0 Å². The Morgan fingerprint density at radius 1 is 1.06 bits per heavy atom. The first kappa shape index (κ1) is 21.8. The van der Waals surface area contributed by atoms with Gasteiger partial charge in [0.05, 0.1) is 17.7 Å². The molecule has 1 aliphatic heterocycles. The first-order valence-corrected chi connectivity index (χ1v) is 10.4. The number of carbonyl (C=O) groups is 1. The number of aryl methyl sites for hydroxylation is 1. The van der Waals surface area contributed by atoms with E-state index in [4.69, 9.17) is 4.74 Å². The standard InChI is InChI=1S/C22H26FN5O4/c1-24-19-15(20(29)25(2)22(24)31)14-18(28(19)12-13-32-3)21(30)27-10-8-26(9-11-27)17-7-5-4-6-16(17)23/h4-7,14H,8-13H2,1-3H3. The van der Waals surface area contributed by atoms with Crippen LogP contribution in [0.5, 0.6) is 0 Å². The van der Waals surface area contributed by atoms with Gasteiger partial charge in [-0.15, -0.1) is 0 Å². The quantitative estimate of drug-likeness (QED) is 0.582. The van der Waals surface area contributed by atoms with Crippen molar-refractivity contribution in [3.8, 4) is 0 Å². The van der Waals surface area contributed by atoms with E-state index in [9.17, 15) is 18.8 Å². The van der Waals surface area contributed by atoms with Gasteiger partial charge in [-0.1, -0.05) is 12.1 Å². The number of methoxy groups -OCH3 is 1. The highest BCUT2D eigenvalue weighted by Crippen LogP contribution is 2.22. The lowest BCUT2D eigenvalue weighted by atomic mass is 10.2. The summed E-state index contributed by atoms with van der Waals surface area (Å²) in [7, 11) is 4.54. The van der Waals surface area contributed by atoms with Crippen molar-refractivity contribution in [1.82, 2.24) is 18.6 Å². The summed E-state index contributed by atoms with van der Waals surface area (Å²) in [6.45, 7) is 2.44. The highest BCUT2D eigenvalue weighted by molar-refractivity contribution is 5.98. The van der Waals surface area contributed by atoms with Crippen LogP contribution < -0.4 is 16.1 Å². The molecular weight excluding hydrogens is 417 g/mol. The Balaban J connectivity index is 1.67. The maximum atomic E-state index is 14.1. The van der Waals surface area contributed by atoms with Crippen molar-refractivity contribution >= 4 is 22.6 Å². The highest BCUT2D eigenvalue weighted by Gasteiger charge is 2.28. The summed E-state index contributed by atoms with van der Waals surface area (Å²) in [5.41, 5.74) is 0.333. The summed E-state index contributed by atoms with van der Waals surface area (Å²) >= 11 is 0. The largest absolute Gasteiger partial charge is 0.383 e. The van der Waals surface area contributed by atoms with Crippen LogP contribution in [0.4, 0.5) is 10.1 Å². The second-order valence-electron chi connectivity index (χ2n) is 7.85. The number of hydrogen-bond acceptors (Lipinski definition) is 5. The average Bonchev–Trinajstić information content (AvgIpc) is 3.19. The number of ether oxygens (including phenoxy) is 1. The molecule has 0 saturated carbocycles. The molecule has 0 unspecified atom stereocenters. The van der Waals surface area contributed by atoms with E-state index < -0.39 is 11.2 Å². The lowest BCUT2D eigenvalue weighted by Crippen LogP contribution is -2.49. The molecule has 0 radical (unpaired) electrons. The molecule has 1 fully saturated rings. The third kappa shape index (κ3) is 3.60. The summed E-state index contributed by atoms with van der Waals surface area (Å²) in [6, 6.07) is 8.14. The van der Waals surface area contributed by atoms with E-state index in [0.29, 0.717) is 61.7 Å². The van der Waals surface area contributed by atoms with Crippen molar-refractivity contribution in [3.05, 3.63) is 62.7 Å². The number of halogens is 1. The molecule has 2 aromatic heterocycles. The minimum absolute atomic E-state index is 0.236. The van der Waals surface area contributed by atoms with Gasteiger partial charge in [0.1, 0.15) is 17.2 Å². The van der Waals surface area contributed by atoms with Gasteiger partial charge in [0, 0.05) is 53.9 Å². The lowest BCUT2D eigenvalue weighted by Gasteiger charge is -2.36. The van der Waals surface area contributed by atoms with E-state index in [2.05, 4.69) is 0 Å². The molecule has 0 N–H and O–H groups in total. The van der Waals surface area contributed by atoms with E-state index in [1.54, 1.807) is 47.9 Å². The molecule has 0 atom stereocenters. The number of piperazine rings is 1. The number of para-hydroxylation sites is 1. The molecule has 1 saturated heterocycles. The molecule has 10 heteroatoms. The van der Waals surface area contributed by atoms with Crippen LogP contribution in [0, 0.1) is 5.82 Å². The van der Waals surface area contributed by atoms with Crippen LogP contribution >= 0.6 is 0 Å². The lowest BCUT2D eigenvalue weighted by molar-refractivity contribution is 0.0733. The Labute approximate surface area is 183 Å². The number of anilines is 1. The maximum absolute atomic E-state index is 14.1. The van der Waals surface area contributed by atoms with Gasteiger partial charge in [-0.2, -0.15) is 0 Å². The number of amides is 1. The Morgan fingerprint density at radius 2 is 1.75 bits per heavy atom. The minimum Gasteiger partial charge on any atom is -0.383 e. The summed E-state index contributed by atoms with van der Waals surface area (Å²) in [4.78, 5) is 42.2. The normalized spacial score (nSPS) is 14.4. The van der Waals surface area contributed by atoms with Crippen molar-refractivity contribution < 1.29 is 13.9 Å². The molecule has 3 heterocycles. The maximum Gasteiger partial charge on any atom is 0.332 e. The zero-order valence-corrected chi connectivity index (χ0v) is 18.4. The van der Waals surface area contributed by atoms with Crippen molar-refractivity contribution in [3.63, 3.8) is 0 Å². The van der Waals surface area contributed by atoms with Crippen molar-refractivity contribution in [2.75, 3.05) is 44.8 Å². The zero-order valence-electron chi connectivity index (χ0n) is 18.4. The molecule has 3 aromatic rings. The number of carbonyl (C=O) groups excluding carboxylic acids is 1. The zero-order chi connectivity index (χ0) is 23.0. The van der Waals surface area contributed by atoms with E-state index >= 15 is 0 Å².